The van der Waals surface area contributed by atoms with Gasteiger partial charge in [-0.25, -0.2) is 9.67 Å². The second kappa shape index (κ2) is 6.94. The second-order valence-corrected chi connectivity index (χ2v) is 6.98. The summed E-state index contributed by atoms with van der Waals surface area (Å²) in [6.07, 6.45) is 5.31. The summed E-state index contributed by atoms with van der Waals surface area (Å²) in [4.78, 5) is 4.08. The maximum atomic E-state index is 10.4. The first-order chi connectivity index (χ1) is 14.7. The molecule has 30 heavy (non-hydrogen) atoms. The van der Waals surface area contributed by atoms with Crippen LogP contribution in [0.1, 0.15) is 17.0 Å². The van der Waals surface area contributed by atoms with Gasteiger partial charge in [0, 0.05) is 30.7 Å². The molecule has 7 nitrogen and oxygen atoms in total. The molecule has 1 unspecified atom stereocenters. The lowest BCUT2D eigenvalue weighted by atomic mass is 9.83. The number of allylic oxidation sites excluding steroid dienone is 1. The largest absolute Gasteiger partial charge is 0.480 e. The van der Waals surface area contributed by atoms with Crippen LogP contribution in [0.25, 0.3) is 16.9 Å². The van der Waals surface area contributed by atoms with Crippen molar-refractivity contribution in [3.8, 4) is 28.9 Å². The van der Waals surface area contributed by atoms with Crippen LogP contribution in [0.4, 0.5) is 0 Å². The van der Waals surface area contributed by atoms with Crippen molar-refractivity contribution in [3.05, 3.63) is 96.0 Å². The summed E-state index contributed by atoms with van der Waals surface area (Å²) in [5.74, 6) is -0.468. The average Bonchev–Trinajstić information content (AvgIpc) is 3.42. The molecule has 0 amide bonds. The van der Waals surface area contributed by atoms with E-state index < -0.39 is 11.9 Å². The standard InChI is InChI=1S/C23H17N5O2/c1-27-22-20(21(26-27)16-5-3-2-4-6-16)19(18(13-24)23(29)30-22)15-7-9-17(10-8-15)28-12-11-25-14-28/h2-12,14,19,29H,1H3. The van der Waals surface area contributed by atoms with Gasteiger partial charge in [0.25, 0.3) is 5.95 Å². The molecule has 0 saturated heterocycles. The fourth-order valence-electron chi connectivity index (χ4n) is 3.83. The maximum absolute atomic E-state index is 10.4. The summed E-state index contributed by atoms with van der Waals surface area (Å²) in [5.41, 5.74) is 4.35. The van der Waals surface area contributed by atoms with Gasteiger partial charge >= 0.3 is 0 Å². The van der Waals surface area contributed by atoms with Gasteiger partial charge in [0.05, 0.1) is 17.8 Å². The van der Waals surface area contributed by atoms with Crippen LogP contribution in [-0.4, -0.2) is 24.4 Å². The van der Waals surface area contributed by atoms with E-state index in [0.717, 1.165) is 28.1 Å². The monoisotopic (exact) mass is 395 g/mol. The van der Waals surface area contributed by atoms with E-state index in [-0.39, 0.29) is 5.57 Å². The van der Waals surface area contributed by atoms with Gasteiger partial charge in [0.1, 0.15) is 17.3 Å². The van der Waals surface area contributed by atoms with Gasteiger partial charge in [-0.2, -0.15) is 10.4 Å². The first-order valence-electron chi connectivity index (χ1n) is 9.39. The Morgan fingerprint density at radius 3 is 2.53 bits per heavy atom. The van der Waals surface area contributed by atoms with E-state index in [1.165, 1.54) is 0 Å². The Hall–Kier alpha value is -4.31. The molecule has 5 rings (SSSR count). The lowest BCUT2D eigenvalue weighted by molar-refractivity contribution is 0.183. The minimum atomic E-state index is -0.500. The first kappa shape index (κ1) is 17.8. The van der Waals surface area contributed by atoms with E-state index in [9.17, 15) is 10.4 Å². The number of aromatic nitrogens is 4. The van der Waals surface area contributed by atoms with E-state index in [2.05, 4.69) is 16.2 Å². The molecule has 146 valence electrons. The summed E-state index contributed by atoms with van der Waals surface area (Å²) in [6.45, 7) is 0. The predicted octanol–water partition coefficient (Wildman–Crippen LogP) is 4.09. The molecule has 1 N–H and O–H groups in total. The zero-order chi connectivity index (χ0) is 20.7. The second-order valence-electron chi connectivity index (χ2n) is 6.98. The van der Waals surface area contributed by atoms with Crippen molar-refractivity contribution < 1.29 is 9.84 Å². The number of aliphatic hydroxyl groups excluding tert-OH is 1. The predicted molar refractivity (Wildman–Crippen MR) is 110 cm³/mol. The summed E-state index contributed by atoms with van der Waals surface area (Å²) in [6, 6.07) is 19.7. The van der Waals surface area contributed by atoms with E-state index in [1.807, 2.05) is 65.4 Å². The van der Waals surface area contributed by atoms with Crippen molar-refractivity contribution in [2.24, 2.45) is 7.05 Å². The number of ether oxygens (including phenoxy) is 1. The topological polar surface area (TPSA) is 88.9 Å². The van der Waals surface area contributed by atoms with Crippen LogP contribution in [0, 0.1) is 11.3 Å². The van der Waals surface area contributed by atoms with Crippen molar-refractivity contribution in [1.82, 2.24) is 19.3 Å². The summed E-state index contributed by atoms with van der Waals surface area (Å²) < 4.78 is 9.10. The van der Waals surface area contributed by atoms with Crippen molar-refractivity contribution in [3.63, 3.8) is 0 Å². The molecule has 0 radical (unpaired) electrons. The van der Waals surface area contributed by atoms with Crippen LogP contribution < -0.4 is 4.74 Å². The molecule has 1 aliphatic rings. The Labute approximate surface area is 172 Å². The molecule has 1 aliphatic heterocycles. The Morgan fingerprint density at radius 2 is 1.87 bits per heavy atom. The molecular weight excluding hydrogens is 378 g/mol. The number of benzene rings is 2. The van der Waals surface area contributed by atoms with Gasteiger partial charge < -0.3 is 14.4 Å². The molecule has 2 aromatic heterocycles. The third-order valence-corrected chi connectivity index (χ3v) is 5.23. The fraction of sp³-hybridized carbons (Fsp3) is 0.0870. The maximum Gasteiger partial charge on any atom is 0.298 e. The lowest BCUT2D eigenvalue weighted by Gasteiger charge is -2.24. The number of fused-ring (bicyclic) bond motifs is 1. The Kier molecular flexibility index (Phi) is 4.11. The molecule has 3 heterocycles. The van der Waals surface area contributed by atoms with E-state index in [0.29, 0.717) is 5.88 Å². The molecule has 7 heteroatoms. The highest BCUT2D eigenvalue weighted by atomic mass is 16.6. The smallest absolute Gasteiger partial charge is 0.298 e. The van der Waals surface area contributed by atoms with Gasteiger partial charge in [-0.05, 0) is 17.7 Å². The Bertz CT molecular complexity index is 1280. The SMILES string of the molecule is Cn1nc(-c2ccccc2)c2c1OC(O)=C(C#N)C2c1ccc(-n2ccnc2)cc1. The first-order valence-corrected chi connectivity index (χ1v) is 9.39. The number of aryl methyl sites for hydroxylation is 1. The van der Waals surface area contributed by atoms with Gasteiger partial charge in [-0.1, -0.05) is 42.5 Å². The number of imidazole rings is 1. The van der Waals surface area contributed by atoms with Crippen LogP contribution in [0.5, 0.6) is 5.88 Å². The van der Waals surface area contributed by atoms with Gasteiger partial charge in [-0.15, -0.1) is 0 Å². The van der Waals surface area contributed by atoms with Crippen molar-refractivity contribution in [2.45, 2.75) is 5.92 Å². The van der Waals surface area contributed by atoms with Crippen LogP contribution >= 0.6 is 0 Å². The van der Waals surface area contributed by atoms with Crippen molar-refractivity contribution >= 4 is 0 Å². The van der Waals surface area contributed by atoms with Gasteiger partial charge in [0.2, 0.25) is 5.88 Å². The molecular formula is C23H17N5O2. The van der Waals surface area contributed by atoms with E-state index >= 15 is 0 Å². The van der Waals surface area contributed by atoms with Crippen LogP contribution in [0.15, 0.2) is 84.8 Å². The highest BCUT2D eigenvalue weighted by molar-refractivity contribution is 5.71. The molecule has 1 atom stereocenters. The van der Waals surface area contributed by atoms with Gasteiger partial charge in [0.15, 0.2) is 0 Å². The minimum Gasteiger partial charge on any atom is -0.480 e. The molecule has 0 spiro atoms. The lowest BCUT2D eigenvalue weighted by Crippen LogP contribution is -2.17. The Morgan fingerprint density at radius 1 is 1.10 bits per heavy atom. The number of nitriles is 1. The third-order valence-electron chi connectivity index (χ3n) is 5.23. The summed E-state index contributed by atoms with van der Waals surface area (Å²) >= 11 is 0. The number of hydrogen-bond donors (Lipinski definition) is 1. The Balaban J connectivity index is 1.69. The number of nitrogens with zero attached hydrogens (tertiary/aromatic N) is 5. The fourth-order valence-corrected chi connectivity index (χ4v) is 3.83. The minimum absolute atomic E-state index is 0.156. The van der Waals surface area contributed by atoms with Crippen LogP contribution in [-0.2, 0) is 7.05 Å². The molecule has 0 aliphatic carbocycles. The molecule has 0 fully saturated rings. The number of rotatable bonds is 3. The zero-order valence-corrected chi connectivity index (χ0v) is 16.1. The van der Waals surface area contributed by atoms with Crippen molar-refractivity contribution in [2.75, 3.05) is 0 Å². The third kappa shape index (κ3) is 2.74. The van der Waals surface area contributed by atoms with Crippen LogP contribution in [0.3, 0.4) is 0 Å². The molecule has 0 bridgehead atoms. The van der Waals surface area contributed by atoms with Crippen molar-refractivity contribution in [1.29, 1.82) is 5.26 Å². The number of hydrogen-bond acceptors (Lipinski definition) is 5. The van der Waals surface area contributed by atoms with E-state index in [1.54, 1.807) is 24.3 Å². The average molecular weight is 395 g/mol. The number of aliphatic hydroxyl groups is 1. The summed E-state index contributed by atoms with van der Waals surface area (Å²) in [5, 5.41) is 24.9. The quantitative estimate of drug-likeness (QED) is 0.564. The highest BCUT2D eigenvalue weighted by Crippen LogP contribution is 2.46. The van der Waals surface area contributed by atoms with Crippen LogP contribution in [0.2, 0.25) is 0 Å². The summed E-state index contributed by atoms with van der Waals surface area (Å²) in [7, 11) is 1.76. The zero-order valence-electron chi connectivity index (χ0n) is 16.1. The molecule has 4 aromatic rings. The molecule has 2 aromatic carbocycles. The molecule has 0 saturated carbocycles. The van der Waals surface area contributed by atoms with E-state index in [4.69, 9.17) is 4.74 Å². The normalized spacial score (nSPS) is 15.4. The van der Waals surface area contributed by atoms with Gasteiger partial charge in [-0.3, -0.25) is 0 Å². The highest BCUT2D eigenvalue weighted by Gasteiger charge is 2.37.